The molecule has 0 saturated carbocycles. The van der Waals surface area contributed by atoms with Crippen molar-refractivity contribution in [1.29, 1.82) is 0 Å². The number of carbonyl (C=O) groups excluding carboxylic acids is 1. The van der Waals surface area contributed by atoms with Crippen molar-refractivity contribution in [2.45, 2.75) is 38.1 Å². The number of fused-ring (bicyclic) bond motifs is 1. The molecule has 0 spiro atoms. The molecule has 0 amide bonds. The van der Waals surface area contributed by atoms with Crippen LogP contribution >= 0.6 is 0 Å². The summed E-state index contributed by atoms with van der Waals surface area (Å²) in [4.78, 5) is 14.4. The van der Waals surface area contributed by atoms with Gasteiger partial charge in [-0.2, -0.15) is 0 Å². The Morgan fingerprint density at radius 1 is 1.30 bits per heavy atom. The van der Waals surface area contributed by atoms with Crippen molar-refractivity contribution >= 4 is 5.78 Å². The van der Waals surface area contributed by atoms with Crippen molar-refractivity contribution in [3.05, 3.63) is 41.6 Å². The third-order valence-electron chi connectivity index (χ3n) is 4.52. The molecule has 1 saturated heterocycles. The lowest BCUT2D eigenvalue weighted by molar-refractivity contribution is -0.117. The summed E-state index contributed by atoms with van der Waals surface area (Å²) in [6, 6.07) is 8.10. The fraction of sp³-hybridized carbons (Fsp3) is 0.471. The average molecular weight is 271 g/mol. The first-order valence-electron chi connectivity index (χ1n) is 7.25. The van der Waals surface area contributed by atoms with Gasteiger partial charge in [-0.3, -0.25) is 4.79 Å². The fourth-order valence-corrected chi connectivity index (χ4v) is 3.49. The molecule has 0 aromatic heterocycles. The van der Waals surface area contributed by atoms with E-state index in [1.54, 1.807) is 7.11 Å². The van der Waals surface area contributed by atoms with E-state index in [4.69, 9.17) is 4.74 Å². The second-order valence-corrected chi connectivity index (χ2v) is 6.06. The SMILES string of the molecule is COc1ccc(CC2=CC(=O)C[C@@]3(C)CCCN23)cc1. The predicted molar refractivity (Wildman–Crippen MR) is 78.8 cm³/mol. The van der Waals surface area contributed by atoms with Gasteiger partial charge in [-0.1, -0.05) is 12.1 Å². The molecule has 0 N–H and O–H groups in total. The molecule has 1 fully saturated rings. The highest BCUT2D eigenvalue weighted by atomic mass is 16.5. The number of ketones is 1. The zero-order valence-electron chi connectivity index (χ0n) is 12.2. The van der Waals surface area contributed by atoms with Gasteiger partial charge in [-0.25, -0.2) is 0 Å². The molecule has 20 heavy (non-hydrogen) atoms. The van der Waals surface area contributed by atoms with Crippen LogP contribution < -0.4 is 4.74 Å². The molecule has 106 valence electrons. The maximum atomic E-state index is 12.0. The number of ether oxygens (including phenoxy) is 1. The summed E-state index contributed by atoms with van der Waals surface area (Å²) in [6.07, 6.45) is 5.64. The molecule has 1 aromatic carbocycles. The average Bonchev–Trinajstić information content (AvgIpc) is 2.81. The van der Waals surface area contributed by atoms with E-state index in [9.17, 15) is 4.79 Å². The summed E-state index contributed by atoms with van der Waals surface area (Å²) in [5.41, 5.74) is 2.44. The Kier molecular flexibility index (Phi) is 3.28. The molecule has 1 atom stereocenters. The maximum Gasteiger partial charge on any atom is 0.159 e. The van der Waals surface area contributed by atoms with Crippen LogP contribution in [0, 0.1) is 0 Å². The standard InChI is InChI=1S/C17H21NO2/c1-17-8-3-9-18(17)14(11-15(19)12-17)10-13-4-6-16(20-2)7-5-13/h4-7,11H,3,8-10,12H2,1-2H3/t17-/m1/s1. The molecular weight excluding hydrogens is 250 g/mol. The Labute approximate surface area is 120 Å². The van der Waals surface area contributed by atoms with Gasteiger partial charge in [-0.15, -0.1) is 0 Å². The Balaban J connectivity index is 1.83. The van der Waals surface area contributed by atoms with Crippen LogP contribution in [0.5, 0.6) is 5.75 Å². The number of allylic oxidation sites excluding steroid dienone is 2. The summed E-state index contributed by atoms with van der Waals surface area (Å²) in [5, 5.41) is 0. The molecular formula is C17H21NO2. The van der Waals surface area contributed by atoms with E-state index in [1.807, 2.05) is 18.2 Å². The van der Waals surface area contributed by atoms with Gasteiger partial charge < -0.3 is 9.64 Å². The van der Waals surface area contributed by atoms with Crippen LogP contribution in [0.15, 0.2) is 36.0 Å². The molecule has 2 heterocycles. The predicted octanol–water partition coefficient (Wildman–Crippen LogP) is 2.95. The van der Waals surface area contributed by atoms with Crippen LogP contribution in [0.1, 0.15) is 31.7 Å². The highest BCUT2D eigenvalue weighted by Crippen LogP contribution is 2.39. The minimum absolute atomic E-state index is 0.0492. The van der Waals surface area contributed by atoms with Crippen molar-refractivity contribution in [3.8, 4) is 5.75 Å². The van der Waals surface area contributed by atoms with E-state index in [0.717, 1.165) is 25.1 Å². The van der Waals surface area contributed by atoms with Crippen molar-refractivity contribution < 1.29 is 9.53 Å². The van der Waals surface area contributed by atoms with E-state index < -0.39 is 0 Å². The van der Waals surface area contributed by atoms with Gasteiger partial charge in [0.2, 0.25) is 0 Å². The van der Waals surface area contributed by atoms with Crippen LogP contribution in [0.4, 0.5) is 0 Å². The summed E-state index contributed by atoms with van der Waals surface area (Å²) in [7, 11) is 1.67. The molecule has 3 heteroatoms. The smallest absolute Gasteiger partial charge is 0.159 e. The number of methoxy groups -OCH3 is 1. The lowest BCUT2D eigenvalue weighted by Crippen LogP contribution is -2.45. The third kappa shape index (κ3) is 2.33. The van der Waals surface area contributed by atoms with E-state index in [2.05, 4.69) is 24.0 Å². The molecule has 0 aliphatic carbocycles. The van der Waals surface area contributed by atoms with Crippen molar-refractivity contribution in [2.75, 3.05) is 13.7 Å². The lowest BCUT2D eigenvalue weighted by atomic mass is 9.87. The molecule has 0 unspecified atom stereocenters. The van der Waals surface area contributed by atoms with Crippen LogP contribution in [-0.2, 0) is 11.2 Å². The minimum atomic E-state index is 0.0492. The molecule has 3 rings (SSSR count). The fourth-order valence-electron chi connectivity index (χ4n) is 3.49. The van der Waals surface area contributed by atoms with Gasteiger partial charge in [0.15, 0.2) is 5.78 Å². The van der Waals surface area contributed by atoms with Crippen LogP contribution in [0.3, 0.4) is 0 Å². The number of nitrogens with zero attached hydrogens (tertiary/aromatic N) is 1. The Hall–Kier alpha value is -1.77. The third-order valence-corrected chi connectivity index (χ3v) is 4.52. The monoisotopic (exact) mass is 271 g/mol. The number of carbonyl (C=O) groups is 1. The molecule has 0 radical (unpaired) electrons. The number of hydrogen-bond donors (Lipinski definition) is 0. The summed E-state index contributed by atoms with van der Waals surface area (Å²) < 4.78 is 5.18. The van der Waals surface area contributed by atoms with E-state index >= 15 is 0 Å². The van der Waals surface area contributed by atoms with Crippen molar-refractivity contribution in [2.24, 2.45) is 0 Å². The second kappa shape index (κ2) is 4.97. The Bertz CT molecular complexity index is 547. The summed E-state index contributed by atoms with van der Waals surface area (Å²) >= 11 is 0. The largest absolute Gasteiger partial charge is 0.497 e. The first-order valence-corrected chi connectivity index (χ1v) is 7.25. The zero-order chi connectivity index (χ0) is 14.2. The number of rotatable bonds is 3. The molecule has 3 nitrogen and oxygen atoms in total. The van der Waals surface area contributed by atoms with Gasteiger partial charge in [-0.05, 0) is 37.5 Å². The quantitative estimate of drug-likeness (QED) is 0.846. The molecule has 1 aromatic rings. The number of benzene rings is 1. The first kappa shape index (κ1) is 13.2. The van der Waals surface area contributed by atoms with Crippen molar-refractivity contribution in [3.63, 3.8) is 0 Å². The minimum Gasteiger partial charge on any atom is -0.497 e. The van der Waals surface area contributed by atoms with Crippen LogP contribution in [-0.4, -0.2) is 29.9 Å². The highest BCUT2D eigenvalue weighted by Gasteiger charge is 2.41. The zero-order valence-corrected chi connectivity index (χ0v) is 12.2. The van der Waals surface area contributed by atoms with Crippen molar-refractivity contribution in [1.82, 2.24) is 4.90 Å². The van der Waals surface area contributed by atoms with E-state index in [1.165, 1.54) is 17.7 Å². The summed E-state index contributed by atoms with van der Waals surface area (Å²) in [5.74, 6) is 1.14. The Morgan fingerprint density at radius 3 is 2.75 bits per heavy atom. The van der Waals surface area contributed by atoms with Gasteiger partial charge >= 0.3 is 0 Å². The van der Waals surface area contributed by atoms with Gasteiger partial charge in [0, 0.05) is 36.7 Å². The second-order valence-electron chi connectivity index (χ2n) is 6.06. The highest BCUT2D eigenvalue weighted by molar-refractivity contribution is 5.92. The molecule has 0 bridgehead atoms. The van der Waals surface area contributed by atoms with E-state index in [-0.39, 0.29) is 11.3 Å². The molecule has 2 aliphatic rings. The van der Waals surface area contributed by atoms with E-state index in [0.29, 0.717) is 6.42 Å². The van der Waals surface area contributed by atoms with Gasteiger partial charge in [0.05, 0.1) is 7.11 Å². The first-order chi connectivity index (χ1) is 9.60. The van der Waals surface area contributed by atoms with Crippen LogP contribution in [0.2, 0.25) is 0 Å². The Morgan fingerprint density at radius 2 is 2.05 bits per heavy atom. The summed E-state index contributed by atoms with van der Waals surface area (Å²) in [6.45, 7) is 3.30. The maximum absolute atomic E-state index is 12.0. The van der Waals surface area contributed by atoms with Gasteiger partial charge in [0.25, 0.3) is 0 Å². The van der Waals surface area contributed by atoms with Crippen LogP contribution in [0.25, 0.3) is 0 Å². The number of hydrogen-bond acceptors (Lipinski definition) is 3. The van der Waals surface area contributed by atoms with Gasteiger partial charge in [0.1, 0.15) is 5.75 Å². The molecule has 2 aliphatic heterocycles. The lowest BCUT2D eigenvalue weighted by Gasteiger charge is -2.41. The normalized spacial score (nSPS) is 25.4. The topological polar surface area (TPSA) is 29.5 Å².